The van der Waals surface area contributed by atoms with Crippen molar-refractivity contribution < 1.29 is 0 Å². The van der Waals surface area contributed by atoms with Crippen LogP contribution < -0.4 is 10.6 Å². The lowest BCUT2D eigenvalue weighted by molar-refractivity contribution is 0.330. The molecule has 24 heavy (non-hydrogen) atoms. The summed E-state index contributed by atoms with van der Waals surface area (Å²) in [7, 11) is 0. The first-order valence-corrected chi connectivity index (χ1v) is 10.4. The fourth-order valence-electron chi connectivity index (χ4n) is 3.10. The molecule has 1 saturated heterocycles. The van der Waals surface area contributed by atoms with E-state index in [0.29, 0.717) is 5.92 Å². The number of likely N-dealkylation sites (tertiary alicyclic amines) is 1. The van der Waals surface area contributed by atoms with Gasteiger partial charge in [0.1, 0.15) is 0 Å². The van der Waals surface area contributed by atoms with Crippen molar-refractivity contribution in [2.75, 3.05) is 39.3 Å². The van der Waals surface area contributed by atoms with Gasteiger partial charge in [-0.1, -0.05) is 13.0 Å². The highest BCUT2D eigenvalue weighted by Gasteiger charge is 2.10. The van der Waals surface area contributed by atoms with E-state index in [1.807, 2.05) is 11.3 Å². The zero-order valence-corrected chi connectivity index (χ0v) is 16.2. The quantitative estimate of drug-likeness (QED) is 0.386. The Morgan fingerprint density at radius 1 is 1.29 bits per heavy atom. The Kier molecular flexibility index (Phi) is 9.21. The largest absolute Gasteiger partial charge is 0.357 e. The summed E-state index contributed by atoms with van der Waals surface area (Å²) < 4.78 is 0. The van der Waals surface area contributed by atoms with Gasteiger partial charge in [-0.05, 0) is 76.0 Å². The molecule has 1 aliphatic heterocycles. The van der Waals surface area contributed by atoms with Gasteiger partial charge in [0.25, 0.3) is 0 Å². The Labute approximate surface area is 151 Å². The molecule has 0 aliphatic carbocycles. The number of aliphatic imine (C=N–C) groups is 1. The summed E-state index contributed by atoms with van der Waals surface area (Å²) in [5.74, 6) is 1.55. The van der Waals surface area contributed by atoms with Crippen molar-refractivity contribution in [3.63, 3.8) is 0 Å². The number of rotatable bonds is 10. The monoisotopic (exact) mass is 350 g/mol. The molecule has 2 N–H and O–H groups in total. The maximum atomic E-state index is 4.76. The van der Waals surface area contributed by atoms with Gasteiger partial charge in [0.2, 0.25) is 0 Å². The molecule has 0 bridgehead atoms. The Morgan fingerprint density at radius 3 is 2.83 bits per heavy atom. The van der Waals surface area contributed by atoms with Crippen LogP contribution >= 0.6 is 11.3 Å². The number of guanidine groups is 1. The van der Waals surface area contributed by atoms with Crippen molar-refractivity contribution in [2.45, 2.75) is 46.0 Å². The van der Waals surface area contributed by atoms with Gasteiger partial charge in [-0.15, -0.1) is 11.3 Å². The Balaban J connectivity index is 1.62. The van der Waals surface area contributed by atoms with E-state index in [-0.39, 0.29) is 0 Å². The summed E-state index contributed by atoms with van der Waals surface area (Å²) in [6, 6.07) is 4.35. The van der Waals surface area contributed by atoms with Crippen LogP contribution in [0.4, 0.5) is 0 Å². The molecular weight excluding hydrogens is 316 g/mol. The van der Waals surface area contributed by atoms with Gasteiger partial charge in [-0.2, -0.15) is 0 Å². The van der Waals surface area contributed by atoms with E-state index in [4.69, 9.17) is 4.99 Å². The SMILES string of the molecule is CCNC(=NCC(C)Cc1cccs1)NCCCCN1CCCC1. The first-order chi connectivity index (χ1) is 11.8. The number of nitrogens with zero attached hydrogens (tertiary/aromatic N) is 2. The fourth-order valence-corrected chi connectivity index (χ4v) is 3.97. The lowest BCUT2D eigenvalue weighted by Crippen LogP contribution is -2.38. The lowest BCUT2D eigenvalue weighted by Gasteiger charge is -2.15. The van der Waals surface area contributed by atoms with Gasteiger partial charge < -0.3 is 15.5 Å². The predicted molar refractivity (Wildman–Crippen MR) is 106 cm³/mol. The standard InChI is InChI=1S/C19H34N4S/c1-3-20-19(21-10-4-5-11-23-12-6-7-13-23)22-16-17(2)15-18-9-8-14-24-18/h8-9,14,17H,3-7,10-13,15-16H2,1-2H3,(H2,20,21,22). The first-order valence-electron chi connectivity index (χ1n) is 9.55. The summed E-state index contributed by atoms with van der Waals surface area (Å²) in [5, 5.41) is 9.00. The third kappa shape index (κ3) is 7.67. The molecule has 1 atom stereocenters. The van der Waals surface area contributed by atoms with Crippen molar-refractivity contribution in [3.05, 3.63) is 22.4 Å². The molecule has 4 nitrogen and oxygen atoms in total. The second-order valence-corrected chi connectivity index (χ2v) is 7.82. The second kappa shape index (κ2) is 11.5. The van der Waals surface area contributed by atoms with Crippen LogP contribution in [0.15, 0.2) is 22.5 Å². The highest BCUT2D eigenvalue weighted by molar-refractivity contribution is 7.09. The van der Waals surface area contributed by atoms with Crippen LogP contribution in [0.2, 0.25) is 0 Å². The van der Waals surface area contributed by atoms with E-state index in [1.165, 1.54) is 50.2 Å². The number of hydrogen-bond acceptors (Lipinski definition) is 3. The molecule has 2 rings (SSSR count). The molecule has 0 spiro atoms. The molecule has 2 heterocycles. The van der Waals surface area contributed by atoms with Crippen LogP contribution in [0.3, 0.4) is 0 Å². The van der Waals surface area contributed by atoms with E-state index in [2.05, 4.69) is 46.9 Å². The van der Waals surface area contributed by atoms with Crippen LogP contribution in [-0.2, 0) is 6.42 Å². The van der Waals surface area contributed by atoms with Crippen molar-refractivity contribution in [1.82, 2.24) is 15.5 Å². The van der Waals surface area contributed by atoms with Crippen molar-refractivity contribution in [1.29, 1.82) is 0 Å². The van der Waals surface area contributed by atoms with E-state index in [1.54, 1.807) is 0 Å². The maximum Gasteiger partial charge on any atom is 0.191 e. The average Bonchev–Trinajstić information content (AvgIpc) is 3.26. The molecule has 136 valence electrons. The number of thiophene rings is 1. The number of nitrogens with one attached hydrogen (secondary N) is 2. The molecular formula is C19H34N4S. The average molecular weight is 351 g/mol. The minimum Gasteiger partial charge on any atom is -0.357 e. The minimum atomic E-state index is 0.578. The van der Waals surface area contributed by atoms with Gasteiger partial charge >= 0.3 is 0 Å². The molecule has 1 unspecified atom stereocenters. The second-order valence-electron chi connectivity index (χ2n) is 6.79. The van der Waals surface area contributed by atoms with Gasteiger partial charge in [-0.25, -0.2) is 0 Å². The summed E-state index contributed by atoms with van der Waals surface area (Å²) in [6.07, 6.45) is 6.39. The zero-order valence-electron chi connectivity index (χ0n) is 15.4. The van der Waals surface area contributed by atoms with Gasteiger partial charge in [0.15, 0.2) is 5.96 Å². The number of hydrogen-bond donors (Lipinski definition) is 2. The normalized spacial score (nSPS) is 17.2. The number of unbranched alkanes of at least 4 members (excludes halogenated alkanes) is 1. The van der Waals surface area contributed by atoms with Crippen LogP contribution in [0.25, 0.3) is 0 Å². The summed E-state index contributed by atoms with van der Waals surface area (Å²) in [5.41, 5.74) is 0. The van der Waals surface area contributed by atoms with Crippen molar-refractivity contribution >= 4 is 17.3 Å². The summed E-state index contributed by atoms with van der Waals surface area (Å²) >= 11 is 1.84. The third-order valence-corrected chi connectivity index (χ3v) is 5.33. The van der Waals surface area contributed by atoms with Crippen LogP contribution in [0.5, 0.6) is 0 Å². The van der Waals surface area contributed by atoms with Gasteiger partial charge in [0.05, 0.1) is 0 Å². The molecule has 0 amide bonds. The first kappa shape index (κ1) is 19.3. The summed E-state index contributed by atoms with van der Waals surface area (Å²) in [6.45, 7) is 11.1. The third-order valence-electron chi connectivity index (χ3n) is 4.43. The van der Waals surface area contributed by atoms with E-state index in [0.717, 1.165) is 32.0 Å². The molecule has 1 aromatic heterocycles. The summed E-state index contributed by atoms with van der Waals surface area (Å²) in [4.78, 5) is 8.80. The van der Waals surface area contributed by atoms with E-state index in [9.17, 15) is 0 Å². The highest BCUT2D eigenvalue weighted by Crippen LogP contribution is 2.14. The molecule has 5 heteroatoms. The van der Waals surface area contributed by atoms with Crippen LogP contribution in [0.1, 0.15) is 44.4 Å². The lowest BCUT2D eigenvalue weighted by atomic mass is 10.1. The molecule has 0 radical (unpaired) electrons. The van der Waals surface area contributed by atoms with Gasteiger partial charge in [0, 0.05) is 24.5 Å². The fraction of sp³-hybridized carbons (Fsp3) is 0.737. The predicted octanol–water partition coefficient (Wildman–Crippen LogP) is 3.36. The highest BCUT2D eigenvalue weighted by atomic mass is 32.1. The molecule has 1 aromatic rings. The molecule has 0 aromatic carbocycles. The van der Waals surface area contributed by atoms with Crippen molar-refractivity contribution in [3.8, 4) is 0 Å². The van der Waals surface area contributed by atoms with Gasteiger partial charge in [-0.3, -0.25) is 4.99 Å². The Bertz CT molecular complexity index is 452. The topological polar surface area (TPSA) is 39.7 Å². The van der Waals surface area contributed by atoms with Crippen LogP contribution in [-0.4, -0.2) is 50.1 Å². The Morgan fingerprint density at radius 2 is 2.12 bits per heavy atom. The van der Waals surface area contributed by atoms with E-state index < -0.39 is 0 Å². The van der Waals surface area contributed by atoms with Crippen molar-refractivity contribution in [2.24, 2.45) is 10.9 Å². The molecule has 1 aliphatic rings. The smallest absolute Gasteiger partial charge is 0.191 e. The Hall–Kier alpha value is -1.07. The minimum absolute atomic E-state index is 0.578. The maximum absolute atomic E-state index is 4.76. The molecule has 0 saturated carbocycles. The van der Waals surface area contributed by atoms with E-state index >= 15 is 0 Å². The zero-order chi connectivity index (χ0) is 17.0. The van der Waals surface area contributed by atoms with Crippen LogP contribution in [0, 0.1) is 5.92 Å². The molecule has 1 fully saturated rings.